The van der Waals surface area contributed by atoms with Crippen molar-refractivity contribution in [1.29, 1.82) is 0 Å². The highest BCUT2D eigenvalue weighted by atomic mass is 16.6. The lowest BCUT2D eigenvalue weighted by atomic mass is 10.1. The van der Waals surface area contributed by atoms with Crippen LogP contribution < -0.4 is 16.0 Å². The summed E-state index contributed by atoms with van der Waals surface area (Å²) in [5.41, 5.74) is -1.32. The molecule has 4 N–H and O–H groups in total. The van der Waals surface area contributed by atoms with E-state index >= 15 is 0 Å². The van der Waals surface area contributed by atoms with Crippen molar-refractivity contribution in [3.63, 3.8) is 0 Å². The van der Waals surface area contributed by atoms with Crippen LogP contribution >= 0.6 is 0 Å². The fourth-order valence-corrected chi connectivity index (χ4v) is 1.98. The Hall–Kier alpha value is -2.52. The first-order chi connectivity index (χ1) is 12.7. The SMILES string of the molecule is CC(C)(C)OC(=O)NCCCC[C@@H](NC(=O)OC(C)(C)C)C(=O)NCC(=O)O. The summed E-state index contributed by atoms with van der Waals surface area (Å²) in [5, 5.41) is 16.0. The zero-order chi connectivity index (χ0) is 22.0. The average molecular weight is 403 g/mol. The van der Waals surface area contributed by atoms with Crippen LogP contribution in [-0.2, 0) is 19.1 Å². The molecule has 0 spiro atoms. The van der Waals surface area contributed by atoms with Gasteiger partial charge in [0.05, 0.1) is 0 Å². The fraction of sp³-hybridized carbons (Fsp3) is 0.778. The van der Waals surface area contributed by atoms with Crippen molar-refractivity contribution < 1.29 is 33.8 Å². The second-order valence-electron chi connectivity index (χ2n) is 8.23. The summed E-state index contributed by atoms with van der Waals surface area (Å²) in [6.45, 7) is 10.1. The van der Waals surface area contributed by atoms with Crippen LogP contribution in [0.15, 0.2) is 0 Å². The van der Waals surface area contributed by atoms with Crippen molar-refractivity contribution in [2.75, 3.05) is 13.1 Å². The molecule has 0 rings (SSSR count). The topological polar surface area (TPSA) is 143 Å². The van der Waals surface area contributed by atoms with Gasteiger partial charge in [-0.2, -0.15) is 0 Å². The van der Waals surface area contributed by atoms with Gasteiger partial charge in [-0.3, -0.25) is 9.59 Å². The normalized spacial score (nSPS) is 12.5. The molecule has 162 valence electrons. The highest BCUT2D eigenvalue weighted by molar-refractivity contribution is 5.87. The zero-order valence-electron chi connectivity index (χ0n) is 17.5. The van der Waals surface area contributed by atoms with Crippen LogP contribution in [0.1, 0.15) is 60.8 Å². The predicted octanol–water partition coefficient (Wildman–Crippen LogP) is 1.78. The summed E-state index contributed by atoms with van der Waals surface area (Å²) in [4.78, 5) is 46.2. The van der Waals surface area contributed by atoms with Gasteiger partial charge in [-0.1, -0.05) is 0 Å². The van der Waals surface area contributed by atoms with E-state index in [0.717, 1.165) is 0 Å². The second-order valence-corrected chi connectivity index (χ2v) is 8.23. The standard InChI is InChI=1S/C18H33N3O7/c1-17(2,3)27-15(25)19-10-8-7-9-12(14(24)20-11-13(22)23)21-16(26)28-18(4,5)6/h12H,7-11H2,1-6H3,(H,19,25)(H,20,24)(H,21,26)(H,22,23)/t12-/m1/s1. The molecule has 1 atom stereocenters. The smallest absolute Gasteiger partial charge is 0.408 e. The van der Waals surface area contributed by atoms with Gasteiger partial charge in [0.2, 0.25) is 5.91 Å². The summed E-state index contributed by atoms with van der Waals surface area (Å²) >= 11 is 0. The van der Waals surface area contributed by atoms with Crippen LogP contribution in [0.2, 0.25) is 0 Å². The van der Waals surface area contributed by atoms with Crippen molar-refractivity contribution in [3.8, 4) is 0 Å². The number of unbranched alkanes of at least 4 members (excludes halogenated alkanes) is 1. The molecule has 0 saturated carbocycles. The predicted molar refractivity (Wildman–Crippen MR) is 102 cm³/mol. The van der Waals surface area contributed by atoms with E-state index in [2.05, 4.69) is 16.0 Å². The van der Waals surface area contributed by atoms with Gasteiger partial charge >= 0.3 is 18.2 Å². The summed E-state index contributed by atoms with van der Waals surface area (Å²) in [5.74, 6) is -1.81. The monoisotopic (exact) mass is 403 g/mol. The van der Waals surface area contributed by atoms with E-state index in [-0.39, 0.29) is 6.42 Å². The van der Waals surface area contributed by atoms with Gasteiger partial charge in [-0.05, 0) is 60.8 Å². The van der Waals surface area contributed by atoms with Gasteiger partial charge in [-0.25, -0.2) is 9.59 Å². The Kier molecular flexibility index (Phi) is 10.3. The minimum Gasteiger partial charge on any atom is -0.480 e. The number of rotatable bonds is 9. The molecule has 0 aliphatic heterocycles. The Balaban J connectivity index is 4.51. The van der Waals surface area contributed by atoms with Crippen LogP contribution in [0.5, 0.6) is 0 Å². The highest BCUT2D eigenvalue weighted by Crippen LogP contribution is 2.09. The number of hydrogen-bond acceptors (Lipinski definition) is 6. The Bertz CT molecular complexity index is 550. The van der Waals surface area contributed by atoms with Gasteiger partial charge in [0.25, 0.3) is 0 Å². The number of carbonyl (C=O) groups is 4. The van der Waals surface area contributed by atoms with Gasteiger partial charge in [0.15, 0.2) is 0 Å². The third-order valence-electron chi connectivity index (χ3n) is 3.01. The molecule has 10 heteroatoms. The molecular weight excluding hydrogens is 370 g/mol. The first kappa shape index (κ1) is 25.5. The van der Waals surface area contributed by atoms with Crippen LogP contribution in [0.4, 0.5) is 9.59 Å². The van der Waals surface area contributed by atoms with E-state index in [4.69, 9.17) is 14.6 Å². The van der Waals surface area contributed by atoms with Crippen LogP contribution in [0.25, 0.3) is 0 Å². The highest BCUT2D eigenvalue weighted by Gasteiger charge is 2.24. The van der Waals surface area contributed by atoms with Crippen molar-refractivity contribution in [3.05, 3.63) is 0 Å². The van der Waals surface area contributed by atoms with E-state index in [0.29, 0.717) is 19.4 Å². The molecule has 0 aliphatic carbocycles. The van der Waals surface area contributed by atoms with Crippen LogP contribution in [0.3, 0.4) is 0 Å². The van der Waals surface area contributed by atoms with E-state index in [1.807, 2.05) is 0 Å². The lowest BCUT2D eigenvalue weighted by Gasteiger charge is -2.23. The van der Waals surface area contributed by atoms with Gasteiger partial charge in [0.1, 0.15) is 23.8 Å². The first-order valence-electron chi connectivity index (χ1n) is 9.15. The molecule has 0 aromatic carbocycles. The lowest BCUT2D eigenvalue weighted by Crippen LogP contribution is -2.49. The summed E-state index contributed by atoms with van der Waals surface area (Å²) < 4.78 is 10.2. The molecular formula is C18H33N3O7. The third-order valence-corrected chi connectivity index (χ3v) is 3.01. The number of carbonyl (C=O) groups excluding carboxylic acids is 3. The van der Waals surface area contributed by atoms with Crippen molar-refractivity contribution in [2.24, 2.45) is 0 Å². The van der Waals surface area contributed by atoms with Gasteiger partial charge < -0.3 is 30.5 Å². The molecule has 0 fully saturated rings. The fourth-order valence-electron chi connectivity index (χ4n) is 1.98. The Labute approximate surface area is 165 Å². The maximum Gasteiger partial charge on any atom is 0.408 e. The minimum atomic E-state index is -1.19. The number of ether oxygens (including phenoxy) is 2. The van der Waals surface area contributed by atoms with E-state index in [1.165, 1.54) is 0 Å². The number of nitrogens with one attached hydrogen (secondary N) is 3. The van der Waals surface area contributed by atoms with E-state index in [9.17, 15) is 19.2 Å². The molecule has 0 aromatic rings. The van der Waals surface area contributed by atoms with Crippen molar-refractivity contribution in [1.82, 2.24) is 16.0 Å². The Morgan fingerprint density at radius 2 is 1.39 bits per heavy atom. The quantitative estimate of drug-likeness (QED) is 0.430. The lowest BCUT2D eigenvalue weighted by molar-refractivity contribution is -0.138. The number of carboxylic acid groups (broad SMARTS) is 1. The van der Waals surface area contributed by atoms with Crippen LogP contribution in [0, 0.1) is 0 Å². The van der Waals surface area contributed by atoms with E-state index in [1.54, 1.807) is 41.5 Å². The maximum atomic E-state index is 12.1. The second kappa shape index (κ2) is 11.4. The average Bonchev–Trinajstić information content (AvgIpc) is 2.47. The molecule has 0 unspecified atom stereocenters. The first-order valence-corrected chi connectivity index (χ1v) is 9.15. The molecule has 0 radical (unpaired) electrons. The molecule has 0 heterocycles. The summed E-state index contributed by atoms with van der Waals surface area (Å²) in [7, 11) is 0. The number of carboxylic acids is 1. The number of alkyl carbamates (subject to hydrolysis) is 2. The summed E-state index contributed by atoms with van der Waals surface area (Å²) in [6, 6.07) is -0.948. The van der Waals surface area contributed by atoms with Crippen molar-refractivity contribution >= 4 is 24.1 Å². The molecule has 0 bridgehead atoms. The largest absolute Gasteiger partial charge is 0.480 e. The van der Waals surface area contributed by atoms with Gasteiger partial charge in [-0.15, -0.1) is 0 Å². The van der Waals surface area contributed by atoms with Gasteiger partial charge in [0, 0.05) is 6.54 Å². The third kappa shape index (κ3) is 14.6. The number of hydrogen-bond donors (Lipinski definition) is 4. The number of aliphatic carboxylic acids is 1. The molecule has 0 saturated heterocycles. The van der Waals surface area contributed by atoms with Crippen molar-refractivity contribution in [2.45, 2.75) is 78.0 Å². The van der Waals surface area contributed by atoms with Crippen LogP contribution in [-0.4, -0.2) is 59.5 Å². The molecule has 0 aromatic heterocycles. The number of amides is 3. The minimum absolute atomic E-state index is 0.251. The summed E-state index contributed by atoms with van der Waals surface area (Å²) in [6.07, 6.45) is -0.0138. The molecule has 10 nitrogen and oxygen atoms in total. The Morgan fingerprint density at radius 3 is 1.89 bits per heavy atom. The maximum absolute atomic E-state index is 12.1. The molecule has 28 heavy (non-hydrogen) atoms. The molecule has 3 amide bonds. The molecule has 0 aliphatic rings. The zero-order valence-corrected chi connectivity index (χ0v) is 17.5. The van der Waals surface area contributed by atoms with E-state index < -0.39 is 47.9 Å². The Morgan fingerprint density at radius 1 is 0.857 bits per heavy atom.